The monoisotopic (exact) mass is 114 g/mol. The number of hydrogen-bond acceptors (Lipinski definition) is 1. The Hall–Kier alpha value is -0.0831. The second kappa shape index (κ2) is 2.28. The molecule has 2 heteroatoms. The minimum Gasteiger partial charge on any atom is -0.438 e. The Kier molecular flexibility index (Phi) is 1.65. The molecule has 7 heavy (non-hydrogen) atoms. The lowest BCUT2D eigenvalue weighted by Crippen LogP contribution is -1.94. The van der Waals surface area contributed by atoms with Crippen LogP contribution in [0.2, 0.25) is 5.54 Å². The highest BCUT2D eigenvalue weighted by atomic mass is 28.2. The van der Waals surface area contributed by atoms with E-state index < -0.39 is 9.76 Å². The third kappa shape index (κ3) is 1.14. The first-order chi connectivity index (χ1) is 3.43. The van der Waals surface area contributed by atoms with E-state index in [1.165, 1.54) is 12.8 Å². The molecular formula is C5H10OSi. The summed E-state index contributed by atoms with van der Waals surface area (Å²) >= 11 is 0. The topological polar surface area (TPSA) is 20.2 Å². The molecule has 1 aliphatic carbocycles. The van der Waals surface area contributed by atoms with Gasteiger partial charge in [-0.25, -0.2) is 0 Å². The summed E-state index contributed by atoms with van der Waals surface area (Å²) in [5.41, 5.74) is 0.611. The quantitative estimate of drug-likeness (QED) is 0.381. The van der Waals surface area contributed by atoms with Gasteiger partial charge in [0, 0.05) is 0 Å². The van der Waals surface area contributed by atoms with Gasteiger partial charge in [0.15, 0.2) is 9.76 Å². The molecule has 0 aromatic carbocycles. The van der Waals surface area contributed by atoms with Crippen molar-refractivity contribution in [3.05, 3.63) is 12.2 Å². The molecule has 0 spiro atoms. The van der Waals surface area contributed by atoms with Crippen LogP contribution in [0.1, 0.15) is 12.8 Å². The van der Waals surface area contributed by atoms with E-state index in [9.17, 15) is 0 Å². The van der Waals surface area contributed by atoms with E-state index in [2.05, 4.69) is 12.2 Å². The first kappa shape index (κ1) is 5.06. The average Bonchev–Trinajstić information content (AvgIpc) is 2.14. The van der Waals surface area contributed by atoms with Crippen LogP contribution >= 0.6 is 0 Å². The Labute approximate surface area is 46.0 Å². The van der Waals surface area contributed by atoms with Gasteiger partial charge in [-0.15, -0.1) is 0 Å². The highest BCUT2D eigenvalue weighted by Gasteiger charge is 2.06. The van der Waals surface area contributed by atoms with Crippen LogP contribution in [-0.2, 0) is 0 Å². The smallest absolute Gasteiger partial charge is 0.163 e. The zero-order valence-corrected chi connectivity index (χ0v) is 5.71. The summed E-state index contributed by atoms with van der Waals surface area (Å²) in [6.07, 6.45) is 6.71. The summed E-state index contributed by atoms with van der Waals surface area (Å²) in [6.45, 7) is 0. The van der Waals surface area contributed by atoms with E-state index in [-0.39, 0.29) is 0 Å². The van der Waals surface area contributed by atoms with Crippen molar-refractivity contribution in [3.63, 3.8) is 0 Å². The predicted molar refractivity (Wildman–Crippen MR) is 32.9 cm³/mol. The van der Waals surface area contributed by atoms with Gasteiger partial charge in [-0.3, -0.25) is 0 Å². The molecule has 0 heterocycles. The molecule has 1 unspecified atom stereocenters. The number of rotatable bonds is 1. The fourth-order valence-electron chi connectivity index (χ4n) is 0.847. The van der Waals surface area contributed by atoms with Gasteiger partial charge in [-0.2, -0.15) is 0 Å². The van der Waals surface area contributed by atoms with Crippen LogP contribution < -0.4 is 0 Å². The van der Waals surface area contributed by atoms with E-state index >= 15 is 0 Å². The van der Waals surface area contributed by atoms with Crippen molar-refractivity contribution in [1.29, 1.82) is 0 Å². The van der Waals surface area contributed by atoms with E-state index in [0.29, 0.717) is 5.54 Å². The van der Waals surface area contributed by atoms with Crippen LogP contribution in [0.3, 0.4) is 0 Å². The van der Waals surface area contributed by atoms with E-state index in [1.807, 2.05) is 0 Å². The van der Waals surface area contributed by atoms with E-state index in [0.717, 1.165) is 0 Å². The van der Waals surface area contributed by atoms with Crippen molar-refractivity contribution >= 4 is 9.76 Å². The van der Waals surface area contributed by atoms with E-state index in [4.69, 9.17) is 4.80 Å². The Morgan fingerprint density at radius 1 is 1.71 bits per heavy atom. The molecule has 1 atom stereocenters. The van der Waals surface area contributed by atoms with Crippen molar-refractivity contribution in [2.45, 2.75) is 18.4 Å². The molecule has 1 aliphatic rings. The molecule has 1 rings (SSSR count). The molecule has 0 aromatic rings. The minimum atomic E-state index is -0.696. The van der Waals surface area contributed by atoms with Gasteiger partial charge in [-0.05, 0) is 18.4 Å². The molecule has 0 fully saturated rings. The number of allylic oxidation sites excluding steroid dienone is 2. The normalized spacial score (nSPS) is 30.7. The van der Waals surface area contributed by atoms with Gasteiger partial charge in [-0.1, -0.05) is 12.2 Å². The van der Waals surface area contributed by atoms with Crippen molar-refractivity contribution in [1.82, 2.24) is 0 Å². The molecule has 1 N–H and O–H groups in total. The average molecular weight is 114 g/mol. The lowest BCUT2D eigenvalue weighted by atomic mass is 10.4. The lowest BCUT2D eigenvalue weighted by molar-refractivity contribution is 0.586. The maximum atomic E-state index is 8.65. The highest BCUT2D eigenvalue weighted by molar-refractivity contribution is 6.28. The minimum absolute atomic E-state index is 0.611. The summed E-state index contributed by atoms with van der Waals surface area (Å²) in [5.74, 6) is 0. The summed E-state index contributed by atoms with van der Waals surface area (Å²) in [6, 6.07) is 0. The Bertz CT molecular complexity index is 80.1. The van der Waals surface area contributed by atoms with Crippen molar-refractivity contribution in [3.8, 4) is 0 Å². The molecule has 0 radical (unpaired) electrons. The summed E-state index contributed by atoms with van der Waals surface area (Å²) in [5, 5.41) is 0. The maximum Gasteiger partial charge on any atom is 0.163 e. The Morgan fingerprint density at radius 2 is 2.57 bits per heavy atom. The Morgan fingerprint density at radius 3 is 2.86 bits per heavy atom. The molecule has 0 saturated carbocycles. The fourth-order valence-corrected chi connectivity index (χ4v) is 1.58. The zero-order chi connectivity index (χ0) is 5.11. The van der Waals surface area contributed by atoms with Gasteiger partial charge in [0.2, 0.25) is 0 Å². The zero-order valence-electron chi connectivity index (χ0n) is 4.30. The first-order valence-electron chi connectivity index (χ1n) is 2.71. The highest BCUT2D eigenvalue weighted by Crippen LogP contribution is 2.19. The summed E-state index contributed by atoms with van der Waals surface area (Å²) < 4.78 is 0. The Balaban J connectivity index is 2.28. The van der Waals surface area contributed by atoms with Crippen LogP contribution in [-0.4, -0.2) is 14.6 Å². The van der Waals surface area contributed by atoms with Gasteiger partial charge >= 0.3 is 0 Å². The molecule has 0 aliphatic heterocycles. The third-order valence-electron chi connectivity index (χ3n) is 1.35. The van der Waals surface area contributed by atoms with Crippen molar-refractivity contribution < 1.29 is 4.80 Å². The molecule has 0 saturated heterocycles. The molecular weight excluding hydrogens is 104 g/mol. The summed E-state index contributed by atoms with van der Waals surface area (Å²) in [4.78, 5) is 8.65. The van der Waals surface area contributed by atoms with Gasteiger partial charge in [0.05, 0.1) is 0 Å². The molecule has 0 aromatic heterocycles. The van der Waals surface area contributed by atoms with Crippen LogP contribution in [0, 0.1) is 0 Å². The largest absolute Gasteiger partial charge is 0.438 e. The van der Waals surface area contributed by atoms with Gasteiger partial charge < -0.3 is 4.80 Å². The second-order valence-corrected chi connectivity index (χ2v) is 3.36. The molecule has 0 bridgehead atoms. The van der Waals surface area contributed by atoms with Crippen LogP contribution in [0.15, 0.2) is 12.2 Å². The molecule has 0 amide bonds. The lowest BCUT2D eigenvalue weighted by Gasteiger charge is -1.95. The van der Waals surface area contributed by atoms with Crippen molar-refractivity contribution in [2.24, 2.45) is 0 Å². The fraction of sp³-hybridized carbons (Fsp3) is 0.600. The molecule has 40 valence electrons. The van der Waals surface area contributed by atoms with Crippen LogP contribution in [0.4, 0.5) is 0 Å². The van der Waals surface area contributed by atoms with Gasteiger partial charge in [0.25, 0.3) is 0 Å². The predicted octanol–water partition coefficient (Wildman–Crippen LogP) is 0.201. The van der Waals surface area contributed by atoms with Crippen molar-refractivity contribution in [2.75, 3.05) is 0 Å². The first-order valence-corrected chi connectivity index (χ1v) is 4.16. The van der Waals surface area contributed by atoms with Gasteiger partial charge in [0.1, 0.15) is 0 Å². The molecule has 1 nitrogen and oxygen atoms in total. The SMILES string of the molecule is O[SiH2]C1C=CCC1. The van der Waals surface area contributed by atoms with E-state index in [1.54, 1.807) is 0 Å². The van der Waals surface area contributed by atoms with Crippen LogP contribution in [0.5, 0.6) is 0 Å². The maximum absolute atomic E-state index is 8.65. The van der Waals surface area contributed by atoms with Crippen LogP contribution in [0.25, 0.3) is 0 Å². The summed E-state index contributed by atoms with van der Waals surface area (Å²) in [7, 11) is -0.696. The number of hydrogen-bond donors (Lipinski definition) is 1. The second-order valence-electron chi connectivity index (χ2n) is 1.95. The third-order valence-corrected chi connectivity index (χ3v) is 2.50. The standard InChI is InChI=1S/C5H10OSi/c6-7-5-3-1-2-4-5/h1,3,5-6H,2,4,7H2.